The Kier molecular flexibility index (Phi) is 9.07. The normalized spacial score (nSPS) is 23.5. The van der Waals surface area contributed by atoms with Crippen molar-refractivity contribution in [2.45, 2.75) is 50.2 Å². The van der Waals surface area contributed by atoms with Crippen LogP contribution in [0.2, 0.25) is 10.0 Å². The first-order valence-corrected chi connectivity index (χ1v) is 16.0. The molecule has 2 saturated heterocycles. The Hall–Kier alpha value is -3.24. The predicted octanol–water partition coefficient (Wildman–Crippen LogP) is 6.73. The number of benzene rings is 3. The molecular formula is C34H35Cl2F2N3O4. The fourth-order valence-electron chi connectivity index (χ4n) is 7.17. The van der Waals surface area contributed by atoms with E-state index in [1.165, 1.54) is 6.07 Å². The van der Waals surface area contributed by atoms with Gasteiger partial charge in [0.2, 0.25) is 11.8 Å². The number of nitrogens with one attached hydrogen (secondary N) is 1. The van der Waals surface area contributed by atoms with E-state index < -0.39 is 41.0 Å². The zero-order chi connectivity index (χ0) is 31.9. The molecule has 238 valence electrons. The van der Waals surface area contributed by atoms with Crippen LogP contribution in [0.4, 0.5) is 14.5 Å². The molecule has 7 nitrogen and oxygen atoms in total. The molecule has 1 N–H and O–H groups in total. The van der Waals surface area contributed by atoms with E-state index in [4.69, 9.17) is 32.7 Å². The number of carbonyl (C=O) groups is 2. The smallest absolute Gasteiger partial charge is 0.238 e. The monoisotopic (exact) mass is 657 g/mol. The molecule has 3 aromatic rings. The Morgan fingerprint density at radius 1 is 1.02 bits per heavy atom. The van der Waals surface area contributed by atoms with E-state index in [0.29, 0.717) is 53.0 Å². The average Bonchev–Trinajstić information content (AvgIpc) is 3.28. The van der Waals surface area contributed by atoms with Crippen LogP contribution in [0.1, 0.15) is 55.3 Å². The molecule has 3 atom stereocenters. The molecular weight excluding hydrogens is 623 g/mol. The minimum atomic E-state index is -1.58. The topological polar surface area (TPSA) is 71.1 Å². The number of amides is 2. The Balaban J connectivity index is 1.59. The van der Waals surface area contributed by atoms with Crippen LogP contribution in [0.15, 0.2) is 54.6 Å². The van der Waals surface area contributed by atoms with Gasteiger partial charge in [0.15, 0.2) is 11.6 Å². The number of piperidine rings is 1. The number of hydrogen-bond acceptors (Lipinski definition) is 5. The van der Waals surface area contributed by atoms with Gasteiger partial charge < -0.3 is 19.7 Å². The van der Waals surface area contributed by atoms with Crippen LogP contribution in [0, 0.1) is 11.6 Å². The Morgan fingerprint density at radius 2 is 1.78 bits per heavy atom. The maximum atomic E-state index is 16.4. The van der Waals surface area contributed by atoms with Crippen LogP contribution in [0.5, 0.6) is 5.75 Å². The van der Waals surface area contributed by atoms with Gasteiger partial charge in [-0.25, -0.2) is 8.78 Å². The second kappa shape index (κ2) is 12.9. The third kappa shape index (κ3) is 5.80. The quantitative estimate of drug-likeness (QED) is 0.291. The van der Waals surface area contributed by atoms with Gasteiger partial charge in [-0.05, 0) is 67.8 Å². The van der Waals surface area contributed by atoms with Gasteiger partial charge in [-0.15, -0.1) is 0 Å². The van der Waals surface area contributed by atoms with E-state index in [0.717, 1.165) is 19.2 Å². The number of likely N-dealkylation sites (tertiary alicyclic amines) is 1. The highest BCUT2D eigenvalue weighted by atomic mass is 35.5. The first-order chi connectivity index (χ1) is 21.6. The molecule has 3 aliphatic heterocycles. The van der Waals surface area contributed by atoms with Gasteiger partial charge in [0.25, 0.3) is 0 Å². The highest BCUT2D eigenvalue weighted by Gasteiger charge is 2.64. The molecule has 3 aromatic carbocycles. The number of ether oxygens (including phenoxy) is 2. The number of anilines is 1. The summed E-state index contributed by atoms with van der Waals surface area (Å²) in [5, 5.41) is 3.80. The molecule has 0 saturated carbocycles. The highest BCUT2D eigenvalue weighted by molar-refractivity contribution is 6.31. The average molecular weight is 659 g/mol. The third-order valence-electron chi connectivity index (χ3n) is 9.00. The maximum absolute atomic E-state index is 16.4. The maximum Gasteiger partial charge on any atom is 0.238 e. The minimum absolute atomic E-state index is 0.0544. The highest BCUT2D eigenvalue weighted by Crippen LogP contribution is 2.61. The number of carbonyl (C=O) groups excluding carboxylic acids is 2. The summed E-state index contributed by atoms with van der Waals surface area (Å²) in [6.45, 7) is 7.21. The van der Waals surface area contributed by atoms with Crippen LogP contribution < -0.4 is 10.1 Å². The zero-order valence-electron chi connectivity index (χ0n) is 25.1. The number of morpholine rings is 1. The van der Waals surface area contributed by atoms with Crippen LogP contribution >= 0.6 is 23.2 Å². The lowest BCUT2D eigenvalue weighted by Crippen LogP contribution is -2.59. The first kappa shape index (κ1) is 31.7. The third-order valence-corrected chi connectivity index (χ3v) is 9.47. The van der Waals surface area contributed by atoms with Crippen LogP contribution in [0.25, 0.3) is 0 Å². The van der Waals surface area contributed by atoms with Gasteiger partial charge in [-0.2, -0.15) is 0 Å². The molecule has 0 aliphatic carbocycles. The first-order valence-electron chi connectivity index (χ1n) is 15.2. The van der Waals surface area contributed by atoms with Crippen molar-refractivity contribution in [2.24, 2.45) is 0 Å². The predicted molar refractivity (Wildman–Crippen MR) is 169 cm³/mol. The molecule has 0 aromatic heterocycles. The summed E-state index contributed by atoms with van der Waals surface area (Å²) >= 11 is 12.8. The van der Waals surface area contributed by atoms with Crippen molar-refractivity contribution in [2.75, 3.05) is 44.7 Å². The van der Waals surface area contributed by atoms with E-state index in [-0.39, 0.29) is 30.2 Å². The Labute approximate surface area is 271 Å². The van der Waals surface area contributed by atoms with Crippen molar-refractivity contribution in [1.29, 1.82) is 0 Å². The summed E-state index contributed by atoms with van der Waals surface area (Å²) in [4.78, 5) is 32.8. The van der Waals surface area contributed by atoms with Crippen molar-refractivity contribution >= 4 is 40.7 Å². The van der Waals surface area contributed by atoms with Gasteiger partial charge in [-0.1, -0.05) is 41.4 Å². The lowest BCUT2D eigenvalue weighted by Gasteiger charge is -2.52. The summed E-state index contributed by atoms with van der Waals surface area (Å²) in [6.07, 6.45) is 0.0964. The van der Waals surface area contributed by atoms with Crippen molar-refractivity contribution in [1.82, 2.24) is 9.80 Å². The van der Waals surface area contributed by atoms with E-state index in [9.17, 15) is 9.59 Å². The molecule has 2 amide bonds. The number of hydrogen-bond donors (Lipinski definition) is 1. The van der Waals surface area contributed by atoms with Crippen LogP contribution in [0.3, 0.4) is 0 Å². The number of rotatable bonds is 8. The van der Waals surface area contributed by atoms with Gasteiger partial charge in [-0.3, -0.25) is 14.5 Å². The van der Waals surface area contributed by atoms with E-state index >= 15 is 8.78 Å². The fraction of sp³-hybridized carbons (Fsp3) is 0.412. The zero-order valence-corrected chi connectivity index (χ0v) is 26.6. The Morgan fingerprint density at radius 3 is 2.51 bits per heavy atom. The summed E-state index contributed by atoms with van der Waals surface area (Å²) in [7, 11) is 0. The molecule has 2 fully saturated rings. The molecule has 0 unspecified atom stereocenters. The number of fused-ring (bicyclic) bond motifs is 2. The molecule has 3 aliphatic rings. The van der Waals surface area contributed by atoms with Crippen molar-refractivity contribution < 1.29 is 27.8 Å². The molecule has 45 heavy (non-hydrogen) atoms. The minimum Gasteiger partial charge on any atom is -0.491 e. The SMILES string of the molecule is CC(C)Oc1ccc(F)c(F)c1[C@H]1N(CCCN2CCOCC2)C(=O)C[C@H](c2cccc(Cl)c2)[C@@]12C(=O)Nc1cc(Cl)ccc12. The number of halogens is 4. The number of nitrogens with zero attached hydrogens (tertiary/aromatic N) is 2. The standard InChI is InChI=1S/C34H35Cl2F2N3O4/c1-20(2)45-28-10-9-26(37)31(38)30(28)32-34(24-8-7-23(36)18-27(24)39-33(34)43)25(21-5-3-6-22(35)17-21)19-29(42)41(32)12-4-11-40-13-15-44-16-14-40/h3,5-10,17-18,20,25,32H,4,11-16,19H2,1-2H3,(H,39,43)/t25-,32-,34-/m1/s1. The summed E-state index contributed by atoms with van der Waals surface area (Å²) in [6, 6.07) is 13.2. The lowest BCUT2D eigenvalue weighted by atomic mass is 9.58. The molecule has 6 rings (SSSR count). The summed E-state index contributed by atoms with van der Waals surface area (Å²) < 4.78 is 43.3. The largest absolute Gasteiger partial charge is 0.491 e. The molecule has 1 spiro atoms. The lowest BCUT2D eigenvalue weighted by molar-refractivity contribution is -0.146. The van der Waals surface area contributed by atoms with E-state index in [1.54, 1.807) is 55.1 Å². The van der Waals surface area contributed by atoms with Gasteiger partial charge in [0.05, 0.1) is 30.9 Å². The summed E-state index contributed by atoms with van der Waals surface area (Å²) in [5.74, 6) is -3.70. The van der Waals surface area contributed by atoms with Crippen molar-refractivity contribution in [3.63, 3.8) is 0 Å². The molecule has 3 heterocycles. The van der Waals surface area contributed by atoms with Gasteiger partial charge in [0, 0.05) is 54.3 Å². The van der Waals surface area contributed by atoms with E-state index in [1.807, 2.05) is 6.07 Å². The van der Waals surface area contributed by atoms with Gasteiger partial charge in [0.1, 0.15) is 11.2 Å². The fourth-order valence-corrected chi connectivity index (χ4v) is 7.54. The van der Waals surface area contributed by atoms with Crippen LogP contribution in [-0.4, -0.2) is 67.1 Å². The van der Waals surface area contributed by atoms with Crippen molar-refractivity contribution in [3.05, 3.63) is 93.0 Å². The second-order valence-electron chi connectivity index (χ2n) is 12.1. The van der Waals surface area contributed by atoms with Crippen LogP contribution in [-0.2, 0) is 19.7 Å². The van der Waals surface area contributed by atoms with Gasteiger partial charge >= 0.3 is 0 Å². The molecule has 0 radical (unpaired) electrons. The molecule has 11 heteroatoms. The van der Waals surface area contributed by atoms with E-state index in [2.05, 4.69) is 10.2 Å². The van der Waals surface area contributed by atoms with Crippen molar-refractivity contribution in [3.8, 4) is 5.75 Å². The summed E-state index contributed by atoms with van der Waals surface area (Å²) in [5.41, 5.74) is -0.128. The molecule has 0 bridgehead atoms. The Bertz CT molecular complexity index is 1620. The second-order valence-corrected chi connectivity index (χ2v) is 12.9.